The van der Waals surface area contributed by atoms with Crippen molar-refractivity contribution >= 4 is 11.9 Å². The molecule has 2 N–H and O–H groups in total. The number of aliphatic hydroxyl groups excluding tert-OH is 1. The van der Waals surface area contributed by atoms with Gasteiger partial charge in [0.1, 0.15) is 0 Å². The number of nitrogens with zero attached hydrogens (tertiary/aromatic N) is 1. The molecule has 1 heterocycles. The zero-order valence-electron chi connectivity index (χ0n) is 24.3. The van der Waals surface area contributed by atoms with Crippen molar-refractivity contribution in [2.75, 3.05) is 20.2 Å². The molecular formula is C28H63NO4. The van der Waals surface area contributed by atoms with Gasteiger partial charge in [0.15, 0.2) is 0 Å². The highest BCUT2D eigenvalue weighted by atomic mass is 16.4. The summed E-state index contributed by atoms with van der Waals surface area (Å²) in [5, 5.41) is 15.9. The van der Waals surface area contributed by atoms with Gasteiger partial charge in [-0.3, -0.25) is 9.59 Å². The molecule has 1 atom stereocenters. The van der Waals surface area contributed by atoms with E-state index in [1.54, 1.807) is 4.90 Å². The van der Waals surface area contributed by atoms with Crippen LogP contribution in [-0.2, 0) is 9.59 Å². The molecule has 1 amide bonds. The Labute approximate surface area is 208 Å². The number of unbranched alkanes of at least 4 members (excludes halogenated alkanes) is 10. The fourth-order valence-corrected chi connectivity index (χ4v) is 3.09. The van der Waals surface area contributed by atoms with Crippen LogP contribution in [0, 0.1) is 5.92 Å². The van der Waals surface area contributed by atoms with Crippen molar-refractivity contribution in [1.82, 2.24) is 4.90 Å². The molecule has 1 saturated heterocycles. The number of carbonyl (C=O) groups excluding carboxylic acids is 1. The zero-order valence-corrected chi connectivity index (χ0v) is 24.3. The lowest BCUT2D eigenvalue weighted by molar-refractivity contribution is -0.141. The van der Waals surface area contributed by atoms with E-state index < -0.39 is 11.9 Å². The maximum atomic E-state index is 11.6. The summed E-state index contributed by atoms with van der Waals surface area (Å²) in [5.74, 6) is -1.32. The number of aliphatic carboxylic acids is 1. The lowest BCUT2D eigenvalue weighted by Crippen LogP contribution is -2.27. The summed E-state index contributed by atoms with van der Waals surface area (Å²) < 4.78 is 0. The molecule has 0 radical (unpaired) electrons. The summed E-state index contributed by atoms with van der Waals surface area (Å²) in [6, 6.07) is 0. The van der Waals surface area contributed by atoms with Gasteiger partial charge in [-0.25, -0.2) is 0 Å². The maximum absolute atomic E-state index is 11.6. The molecule has 1 aliphatic heterocycles. The van der Waals surface area contributed by atoms with E-state index in [1.807, 2.05) is 41.5 Å². The Morgan fingerprint density at radius 2 is 1.06 bits per heavy atom. The van der Waals surface area contributed by atoms with Gasteiger partial charge in [0.2, 0.25) is 5.91 Å². The Morgan fingerprint density at radius 1 is 0.727 bits per heavy atom. The number of hydrogen-bond donors (Lipinski definition) is 2. The molecule has 1 rings (SSSR count). The topological polar surface area (TPSA) is 77.8 Å². The van der Waals surface area contributed by atoms with E-state index in [9.17, 15) is 9.59 Å². The minimum Gasteiger partial charge on any atom is -0.481 e. The standard InChI is InChI=1S/C15H27NO3.C6H14.3C2H6.CH4O/c1-2-3-4-5-6-7-8-9-10-16-12-13(15(18)19)11-14(16)17;1-3-5-6-4-2;4*1-2/h13H,2-12H2,1H3,(H,18,19);3-6H2,1-2H3;3*1-2H3;2H,1H3. The normalized spacial score (nSPS) is 13.4. The molecule has 0 aromatic carbocycles. The molecule has 0 bridgehead atoms. The van der Waals surface area contributed by atoms with Crippen LogP contribution >= 0.6 is 0 Å². The first-order valence-electron chi connectivity index (χ1n) is 14.0. The Morgan fingerprint density at radius 3 is 1.39 bits per heavy atom. The van der Waals surface area contributed by atoms with E-state index in [4.69, 9.17) is 10.2 Å². The number of amides is 1. The molecule has 0 spiro atoms. The highest BCUT2D eigenvalue weighted by Gasteiger charge is 2.33. The van der Waals surface area contributed by atoms with Gasteiger partial charge in [-0.15, -0.1) is 0 Å². The van der Waals surface area contributed by atoms with Gasteiger partial charge in [-0.1, -0.05) is 133 Å². The first-order chi connectivity index (χ1) is 16.1. The molecular weight excluding hydrogens is 414 g/mol. The Hall–Kier alpha value is -1.10. The predicted octanol–water partition coefficient (Wildman–Crippen LogP) is 8.33. The van der Waals surface area contributed by atoms with E-state index in [2.05, 4.69) is 20.8 Å². The number of rotatable bonds is 13. The number of aliphatic hydroxyl groups is 1. The minimum atomic E-state index is -0.841. The molecule has 204 valence electrons. The lowest BCUT2D eigenvalue weighted by atomic mass is 10.1. The first-order valence-corrected chi connectivity index (χ1v) is 14.0. The van der Waals surface area contributed by atoms with Crippen molar-refractivity contribution in [3.8, 4) is 0 Å². The largest absolute Gasteiger partial charge is 0.481 e. The van der Waals surface area contributed by atoms with Crippen molar-refractivity contribution in [1.29, 1.82) is 0 Å². The molecule has 0 aromatic rings. The Balaban J connectivity index is -0.000000156. The molecule has 0 aliphatic carbocycles. The van der Waals surface area contributed by atoms with E-state index >= 15 is 0 Å². The van der Waals surface area contributed by atoms with Crippen molar-refractivity contribution in [2.24, 2.45) is 5.92 Å². The van der Waals surface area contributed by atoms with Crippen LogP contribution in [-0.4, -0.2) is 47.2 Å². The Kier molecular flexibility index (Phi) is 52.5. The van der Waals surface area contributed by atoms with Crippen LogP contribution in [0.4, 0.5) is 0 Å². The SMILES string of the molecule is CC.CC.CC.CCCCCC.CCCCCCCCCCN1CC(C(=O)O)CC1=O.CO. The van der Waals surface area contributed by atoms with Crippen LogP contribution in [0.15, 0.2) is 0 Å². The zero-order chi connectivity index (χ0) is 26.9. The average molecular weight is 478 g/mol. The lowest BCUT2D eigenvalue weighted by Gasteiger charge is -2.15. The molecule has 1 fully saturated rings. The summed E-state index contributed by atoms with van der Waals surface area (Å²) in [6.07, 6.45) is 15.7. The van der Waals surface area contributed by atoms with E-state index in [0.29, 0.717) is 6.54 Å². The smallest absolute Gasteiger partial charge is 0.308 e. The molecule has 5 heteroatoms. The van der Waals surface area contributed by atoms with Crippen LogP contribution in [0.25, 0.3) is 0 Å². The van der Waals surface area contributed by atoms with Crippen LogP contribution in [0.1, 0.15) is 146 Å². The molecule has 0 aromatic heterocycles. The summed E-state index contributed by atoms with van der Waals surface area (Å²) in [5.41, 5.74) is 0. The van der Waals surface area contributed by atoms with Gasteiger partial charge in [-0.05, 0) is 6.42 Å². The van der Waals surface area contributed by atoms with Crippen molar-refractivity contribution in [3.63, 3.8) is 0 Å². The first kappa shape index (κ1) is 42.1. The quantitative estimate of drug-likeness (QED) is 0.261. The number of likely N-dealkylation sites (tertiary alicyclic amines) is 1. The monoisotopic (exact) mass is 477 g/mol. The highest BCUT2D eigenvalue weighted by Crippen LogP contribution is 2.18. The third kappa shape index (κ3) is 33.2. The van der Waals surface area contributed by atoms with E-state index in [1.165, 1.54) is 64.2 Å². The van der Waals surface area contributed by atoms with Gasteiger partial charge < -0.3 is 15.1 Å². The van der Waals surface area contributed by atoms with Crippen molar-refractivity contribution in [2.45, 2.75) is 146 Å². The summed E-state index contributed by atoms with van der Waals surface area (Å²) in [6.45, 7) is 19.8. The van der Waals surface area contributed by atoms with Gasteiger partial charge >= 0.3 is 5.97 Å². The summed E-state index contributed by atoms with van der Waals surface area (Å²) in [7, 11) is 1.00. The van der Waals surface area contributed by atoms with Crippen LogP contribution in [0.3, 0.4) is 0 Å². The van der Waals surface area contributed by atoms with Crippen molar-refractivity contribution < 1.29 is 19.8 Å². The highest BCUT2D eigenvalue weighted by molar-refractivity contribution is 5.86. The van der Waals surface area contributed by atoms with Gasteiger partial charge in [0.05, 0.1) is 5.92 Å². The second kappa shape index (κ2) is 41.2. The molecule has 5 nitrogen and oxygen atoms in total. The molecule has 1 aliphatic rings. The van der Waals surface area contributed by atoms with Crippen LogP contribution in [0.5, 0.6) is 0 Å². The Bertz CT molecular complexity index is 345. The summed E-state index contributed by atoms with van der Waals surface area (Å²) >= 11 is 0. The third-order valence-corrected chi connectivity index (χ3v) is 4.80. The van der Waals surface area contributed by atoms with Crippen LogP contribution in [0.2, 0.25) is 0 Å². The number of carboxylic acids is 1. The van der Waals surface area contributed by atoms with Gasteiger partial charge in [-0.2, -0.15) is 0 Å². The molecule has 33 heavy (non-hydrogen) atoms. The van der Waals surface area contributed by atoms with E-state index in [-0.39, 0.29) is 12.3 Å². The number of carboxylic acid groups (broad SMARTS) is 1. The average Bonchev–Trinajstić information content (AvgIpc) is 3.25. The predicted molar refractivity (Wildman–Crippen MR) is 147 cm³/mol. The third-order valence-electron chi connectivity index (χ3n) is 4.80. The second-order valence-corrected chi connectivity index (χ2v) is 7.26. The summed E-state index contributed by atoms with van der Waals surface area (Å²) in [4.78, 5) is 24.1. The fourth-order valence-electron chi connectivity index (χ4n) is 3.09. The molecule has 1 unspecified atom stereocenters. The molecule has 0 saturated carbocycles. The minimum absolute atomic E-state index is 0.00958. The van der Waals surface area contributed by atoms with Crippen molar-refractivity contribution in [3.05, 3.63) is 0 Å². The second-order valence-electron chi connectivity index (χ2n) is 7.26. The van der Waals surface area contributed by atoms with Crippen LogP contribution < -0.4 is 0 Å². The maximum Gasteiger partial charge on any atom is 0.308 e. The number of hydrogen-bond acceptors (Lipinski definition) is 3. The van der Waals surface area contributed by atoms with E-state index in [0.717, 1.165) is 26.5 Å². The number of carbonyl (C=O) groups is 2. The van der Waals surface area contributed by atoms with Gasteiger partial charge in [0, 0.05) is 26.6 Å². The van der Waals surface area contributed by atoms with Gasteiger partial charge in [0.25, 0.3) is 0 Å². The fraction of sp³-hybridized carbons (Fsp3) is 0.929.